The van der Waals surface area contributed by atoms with E-state index < -0.39 is 0 Å². The van der Waals surface area contributed by atoms with Crippen molar-refractivity contribution < 1.29 is 4.52 Å². The third kappa shape index (κ3) is 2.83. The third-order valence-electron chi connectivity index (χ3n) is 3.24. The Morgan fingerprint density at radius 1 is 1.10 bits per heavy atom. The summed E-state index contributed by atoms with van der Waals surface area (Å²) in [6.07, 6.45) is 0. The fourth-order valence-corrected chi connectivity index (χ4v) is 2.73. The summed E-state index contributed by atoms with van der Waals surface area (Å²) in [6, 6.07) is 15.6. The second-order valence-corrected chi connectivity index (χ2v) is 5.76. The van der Waals surface area contributed by atoms with Crippen molar-refractivity contribution in [3.8, 4) is 22.4 Å². The number of benzene rings is 2. The third-order valence-corrected chi connectivity index (χ3v) is 4.02. The number of hydrogen-bond donors (Lipinski definition) is 1. The predicted octanol–water partition coefficient (Wildman–Crippen LogP) is 4.94. The maximum atomic E-state index is 6.06. The largest absolute Gasteiger partial charge is 0.360 e. The lowest BCUT2D eigenvalue weighted by Gasteiger charge is -2.04. The molecule has 0 aliphatic carbocycles. The highest BCUT2D eigenvalue weighted by Gasteiger charge is 2.16. The van der Waals surface area contributed by atoms with Crippen LogP contribution in [0.5, 0.6) is 0 Å². The summed E-state index contributed by atoms with van der Waals surface area (Å²) in [5, 5.41) is 10.4. The number of hydrogen-bond acceptors (Lipinski definition) is 4. The van der Waals surface area contributed by atoms with Gasteiger partial charge in [0, 0.05) is 15.5 Å². The van der Waals surface area contributed by atoms with Gasteiger partial charge in [0.2, 0.25) is 0 Å². The van der Waals surface area contributed by atoms with Gasteiger partial charge in [-0.2, -0.15) is 0 Å². The van der Waals surface area contributed by atoms with Gasteiger partial charge in [0.05, 0.1) is 5.56 Å². The molecule has 1 heterocycles. The maximum absolute atomic E-state index is 6.06. The number of aromatic nitrogens is 1. The van der Waals surface area contributed by atoms with Crippen LogP contribution in [-0.2, 0) is 0 Å². The molecule has 0 radical (unpaired) electrons. The van der Waals surface area contributed by atoms with Crippen molar-refractivity contribution in [1.29, 1.82) is 0 Å². The number of nitrogens with two attached hydrogens (primary N) is 1. The molecule has 0 saturated heterocycles. The molecule has 3 aromatic rings. The van der Waals surface area contributed by atoms with Gasteiger partial charge in [-0.1, -0.05) is 41.0 Å². The average Bonchev–Trinajstić information content (AvgIpc) is 2.89. The molecule has 0 spiro atoms. The van der Waals surface area contributed by atoms with Crippen LogP contribution < -0.4 is 5.14 Å². The molecule has 1 aromatic heterocycles. The summed E-state index contributed by atoms with van der Waals surface area (Å²) in [5.74, 6) is 0.776. The molecule has 0 saturated carbocycles. The molecule has 0 atom stereocenters. The summed E-state index contributed by atoms with van der Waals surface area (Å²) >= 11 is 7.29. The lowest BCUT2D eigenvalue weighted by atomic mass is 10.00. The molecular formula is C16H13ClN2OS. The number of rotatable bonds is 3. The van der Waals surface area contributed by atoms with Gasteiger partial charge in [-0.15, -0.1) is 0 Å². The Morgan fingerprint density at radius 2 is 1.86 bits per heavy atom. The van der Waals surface area contributed by atoms with Crippen LogP contribution >= 0.6 is 23.5 Å². The minimum atomic E-state index is 0.675. The molecule has 21 heavy (non-hydrogen) atoms. The molecule has 2 N–H and O–H groups in total. The predicted molar refractivity (Wildman–Crippen MR) is 87.2 cm³/mol. The first kappa shape index (κ1) is 14.2. The van der Waals surface area contributed by atoms with Crippen LogP contribution in [-0.4, -0.2) is 5.16 Å². The van der Waals surface area contributed by atoms with E-state index in [0.717, 1.165) is 33.0 Å². The Bertz CT molecular complexity index is 768. The lowest BCUT2D eigenvalue weighted by molar-refractivity contribution is 0.400. The average molecular weight is 317 g/mol. The lowest BCUT2D eigenvalue weighted by Crippen LogP contribution is -1.85. The Hall–Kier alpha value is -1.75. The van der Waals surface area contributed by atoms with Gasteiger partial charge in [-0.05, 0) is 48.7 Å². The summed E-state index contributed by atoms with van der Waals surface area (Å²) in [4.78, 5) is 1.01. The monoisotopic (exact) mass is 316 g/mol. The van der Waals surface area contributed by atoms with Gasteiger partial charge < -0.3 is 4.52 Å². The minimum Gasteiger partial charge on any atom is -0.360 e. The first-order valence-corrected chi connectivity index (χ1v) is 7.64. The van der Waals surface area contributed by atoms with Crippen LogP contribution in [0.3, 0.4) is 0 Å². The highest BCUT2D eigenvalue weighted by molar-refractivity contribution is 7.97. The summed E-state index contributed by atoms with van der Waals surface area (Å²) in [6.45, 7) is 1.90. The van der Waals surface area contributed by atoms with Gasteiger partial charge in [-0.3, -0.25) is 5.14 Å². The zero-order chi connectivity index (χ0) is 14.8. The van der Waals surface area contributed by atoms with E-state index in [4.69, 9.17) is 21.3 Å². The van der Waals surface area contributed by atoms with Crippen molar-refractivity contribution in [1.82, 2.24) is 5.16 Å². The van der Waals surface area contributed by atoms with Gasteiger partial charge >= 0.3 is 0 Å². The fourth-order valence-electron chi connectivity index (χ4n) is 2.25. The molecule has 106 valence electrons. The van der Waals surface area contributed by atoms with Crippen molar-refractivity contribution in [2.75, 3.05) is 0 Å². The standard InChI is InChI=1S/C16H13ClN2OS/c1-10-15(11-5-7-14(21-18)8-6-11)16(19-20-10)12-3-2-4-13(17)9-12/h2-9H,18H2,1H3. The van der Waals surface area contributed by atoms with Gasteiger partial charge in [0.25, 0.3) is 0 Å². The van der Waals surface area contributed by atoms with Crippen molar-refractivity contribution in [2.45, 2.75) is 11.8 Å². The van der Waals surface area contributed by atoms with Crippen LogP contribution in [0.1, 0.15) is 5.76 Å². The molecule has 0 unspecified atom stereocenters. The zero-order valence-electron chi connectivity index (χ0n) is 11.3. The second-order valence-electron chi connectivity index (χ2n) is 4.61. The summed E-state index contributed by atoms with van der Waals surface area (Å²) < 4.78 is 5.38. The van der Waals surface area contributed by atoms with E-state index in [-0.39, 0.29) is 0 Å². The van der Waals surface area contributed by atoms with Crippen molar-refractivity contribution >= 4 is 23.5 Å². The molecule has 3 rings (SSSR count). The first-order valence-electron chi connectivity index (χ1n) is 6.38. The highest BCUT2D eigenvalue weighted by Crippen LogP contribution is 2.35. The van der Waals surface area contributed by atoms with Gasteiger partial charge in [-0.25, -0.2) is 0 Å². The molecule has 0 aliphatic heterocycles. The molecule has 5 heteroatoms. The molecule has 0 amide bonds. The Morgan fingerprint density at radius 3 is 2.52 bits per heavy atom. The van der Waals surface area contributed by atoms with Gasteiger partial charge in [0.15, 0.2) is 0 Å². The highest BCUT2D eigenvalue weighted by atomic mass is 35.5. The normalized spacial score (nSPS) is 10.8. The van der Waals surface area contributed by atoms with Crippen molar-refractivity contribution in [2.24, 2.45) is 5.14 Å². The zero-order valence-corrected chi connectivity index (χ0v) is 12.9. The van der Waals surface area contributed by atoms with Crippen LogP contribution in [0.15, 0.2) is 57.9 Å². The minimum absolute atomic E-state index is 0.675. The molecule has 0 bridgehead atoms. The molecule has 3 nitrogen and oxygen atoms in total. The quantitative estimate of drug-likeness (QED) is 0.696. The van der Waals surface area contributed by atoms with Crippen LogP contribution in [0, 0.1) is 6.92 Å². The van der Waals surface area contributed by atoms with Crippen molar-refractivity contribution in [3.05, 3.63) is 59.3 Å². The Kier molecular flexibility index (Phi) is 4.01. The Labute approximate surface area is 132 Å². The summed E-state index contributed by atoms with van der Waals surface area (Å²) in [7, 11) is 0. The second kappa shape index (κ2) is 5.93. The van der Waals surface area contributed by atoms with Crippen molar-refractivity contribution in [3.63, 3.8) is 0 Å². The summed E-state index contributed by atoms with van der Waals surface area (Å²) in [5.41, 5.74) is 3.75. The van der Waals surface area contributed by atoms with E-state index in [1.807, 2.05) is 55.5 Å². The fraction of sp³-hybridized carbons (Fsp3) is 0.0625. The molecular weight excluding hydrogens is 304 g/mol. The van der Waals surface area contributed by atoms with E-state index in [2.05, 4.69) is 5.16 Å². The van der Waals surface area contributed by atoms with E-state index in [1.165, 1.54) is 11.9 Å². The topological polar surface area (TPSA) is 52.0 Å². The van der Waals surface area contributed by atoms with Crippen LogP contribution in [0.2, 0.25) is 5.02 Å². The SMILES string of the molecule is Cc1onc(-c2cccc(Cl)c2)c1-c1ccc(SN)cc1. The number of nitrogens with zero attached hydrogens (tertiary/aromatic N) is 1. The van der Waals surface area contributed by atoms with E-state index in [9.17, 15) is 0 Å². The molecule has 0 fully saturated rings. The first-order chi connectivity index (χ1) is 10.2. The Balaban J connectivity index is 2.12. The maximum Gasteiger partial charge on any atom is 0.142 e. The number of aryl methyl sites for hydroxylation is 1. The van der Waals surface area contributed by atoms with Crippen LogP contribution in [0.4, 0.5) is 0 Å². The van der Waals surface area contributed by atoms with Crippen LogP contribution in [0.25, 0.3) is 22.4 Å². The van der Waals surface area contributed by atoms with E-state index in [1.54, 1.807) is 0 Å². The number of halogens is 1. The molecule has 2 aromatic carbocycles. The van der Waals surface area contributed by atoms with E-state index >= 15 is 0 Å². The van der Waals surface area contributed by atoms with Gasteiger partial charge in [0.1, 0.15) is 11.5 Å². The molecule has 0 aliphatic rings. The smallest absolute Gasteiger partial charge is 0.142 e. The van der Waals surface area contributed by atoms with E-state index in [0.29, 0.717) is 5.02 Å².